The van der Waals surface area contributed by atoms with Crippen molar-refractivity contribution < 1.29 is 22.7 Å². The molecule has 0 radical (unpaired) electrons. The van der Waals surface area contributed by atoms with Crippen molar-refractivity contribution in [1.82, 2.24) is 10.2 Å². The average molecular weight is 580 g/mol. The zero-order chi connectivity index (χ0) is 30.0. The summed E-state index contributed by atoms with van der Waals surface area (Å²) in [6.07, 6.45) is 1.14. The molecular formula is C32H41N3O5S. The maximum atomic E-state index is 14.1. The molecule has 9 heteroatoms. The van der Waals surface area contributed by atoms with Crippen LogP contribution in [0.2, 0.25) is 0 Å². The van der Waals surface area contributed by atoms with Gasteiger partial charge in [-0.1, -0.05) is 61.4 Å². The number of anilines is 1. The van der Waals surface area contributed by atoms with E-state index in [0.29, 0.717) is 31.0 Å². The van der Waals surface area contributed by atoms with Gasteiger partial charge in [0.05, 0.1) is 17.2 Å². The molecule has 0 fully saturated rings. The zero-order valence-electron chi connectivity index (χ0n) is 24.6. The average Bonchev–Trinajstić information content (AvgIpc) is 2.95. The Bertz CT molecular complexity index is 1410. The molecule has 3 aromatic rings. The van der Waals surface area contributed by atoms with Crippen LogP contribution in [0.5, 0.6) is 5.75 Å². The number of benzene rings is 3. The smallest absolute Gasteiger partial charge is 0.264 e. The number of amides is 2. The lowest BCUT2D eigenvalue weighted by Gasteiger charge is -2.33. The molecule has 1 N–H and O–H groups in total. The molecule has 0 aliphatic heterocycles. The highest BCUT2D eigenvalue weighted by molar-refractivity contribution is 7.92. The van der Waals surface area contributed by atoms with Crippen molar-refractivity contribution in [3.05, 3.63) is 89.5 Å². The molecular weight excluding hydrogens is 538 g/mol. The van der Waals surface area contributed by atoms with E-state index in [4.69, 9.17) is 4.74 Å². The number of carbonyl (C=O) groups is 2. The summed E-state index contributed by atoms with van der Waals surface area (Å²) >= 11 is 0. The molecule has 0 saturated carbocycles. The van der Waals surface area contributed by atoms with Crippen molar-refractivity contribution >= 4 is 27.5 Å². The Morgan fingerprint density at radius 2 is 1.59 bits per heavy atom. The van der Waals surface area contributed by atoms with Crippen molar-refractivity contribution in [2.75, 3.05) is 24.0 Å². The highest BCUT2D eigenvalue weighted by atomic mass is 32.2. The molecule has 0 heterocycles. The lowest BCUT2D eigenvalue weighted by atomic mass is 10.1. The molecule has 220 valence electrons. The van der Waals surface area contributed by atoms with E-state index >= 15 is 0 Å². The third-order valence-corrected chi connectivity index (χ3v) is 8.48. The summed E-state index contributed by atoms with van der Waals surface area (Å²) < 4.78 is 34.6. The molecule has 1 unspecified atom stereocenters. The van der Waals surface area contributed by atoms with Crippen LogP contribution < -0.4 is 14.4 Å². The van der Waals surface area contributed by atoms with E-state index in [1.54, 1.807) is 36.4 Å². The fraction of sp³-hybridized carbons (Fsp3) is 0.375. The van der Waals surface area contributed by atoms with Gasteiger partial charge in [0.15, 0.2) is 0 Å². The first-order valence-electron chi connectivity index (χ1n) is 14.1. The third kappa shape index (κ3) is 8.33. The number of nitrogens with one attached hydrogen (secondary N) is 1. The van der Waals surface area contributed by atoms with E-state index in [1.807, 2.05) is 58.9 Å². The Kier molecular flexibility index (Phi) is 11.3. The molecule has 8 nitrogen and oxygen atoms in total. The minimum atomic E-state index is -4.14. The second-order valence-corrected chi connectivity index (χ2v) is 11.8. The molecule has 0 aromatic heterocycles. The van der Waals surface area contributed by atoms with Crippen molar-refractivity contribution in [2.45, 2.75) is 64.9 Å². The van der Waals surface area contributed by atoms with Crippen LogP contribution in [0.3, 0.4) is 0 Å². The number of hydrogen-bond acceptors (Lipinski definition) is 5. The van der Waals surface area contributed by atoms with Gasteiger partial charge in [-0.2, -0.15) is 0 Å². The second-order valence-electron chi connectivity index (χ2n) is 9.98. The van der Waals surface area contributed by atoms with Crippen molar-refractivity contribution in [3.8, 4) is 5.75 Å². The van der Waals surface area contributed by atoms with Crippen LogP contribution in [0, 0.1) is 13.8 Å². The fourth-order valence-electron chi connectivity index (χ4n) is 4.53. The molecule has 0 saturated heterocycles. The molecule has 41 heavy (non-hydrogen) atoms. The van der Waals surface area contributed by atoms with E-state index in [9.17, 15) is 18.0 Å². The Balaban J connectivity index is 2.04. The summed E-state index contributed by atoms with van der Waals surface area (Å²) in [5.74, 6) is -0.177. The number of nitrogens with zero attached hydrogens (tertiary/aromatic N) is 2. The van der Waals surface area contributed by atoms with Crippen molar-refractivity contribution in [1.29, 1.82) is 0 Å². The Hall–Kier alpha value is -3.85. The Morgan fingerprint density at radius 1 is 0.902 bits per heavy atom. The normalized spacial score (nSPS) is 11.9. The Morgan fingerprint density at radius 3 is 2.17 bits per heavy atom. The highest BCUT2D eigenvalue weighted by Gasteiger charge is 2.33. The van der Waals surface area contributed by atoms with Crippen LogP contribution in [0.1, 0.15) is 50.3 Å². The maximum absolute atomic E-state index is 14.1. The van der Waals surface area contributed by atoms with Gasteiger partial charge >= 0.3 is 0 Å². The van der Waals surface area contributed by atoms with Gasteiger partial charge in [-0.25, -0.2) is 8.42 Å². The van der Waals surface area contributed by atoms with E-state index in [0.717, 1.165) is 27.4 Å². The van der Waals surface area contributed by atoms with Gasteiger partial charge in [0.25, 0.3) is 10.0 Å². The first-order chi connectivity index (χ1) is 19.6. The van der Waals surface area contributed by atoms with Crippen LogP contribution >= 0.6 is 0 Å². The van der Waals surface area contributed by atoms with Crippen molar-refractivity contribution in [2.24, 2.45) is 0 Å². The van der Waals surface area contributed by atoms with Crippen LogP contribution in [0.4, 0.5) is 5.69 Å². The minimum Gasteiger partial charge on any atom is -0.494 e. The first-order valence-corrected chi connectivity index (χ1v) is 15.5. The molecule has 0 spiro atoms. The maximum Gasteiger partial charge on any atom is 0.264 e. The fourth-order valence-corrected chi connectivity index (χ4v) is 5.95. The van der Waals surface area contributed by atoms with E-state index in [1.165, 1.54) is 17.0 Å². The molecule has 2 amide bonds. The summed E-state index contributed by atoms with van der Waals surface area (Å²) in [4.78, 5) is 28.8. The topological polar surface area (TPSA) is 96.0 Å². The number of ether oxygens (including phenoxy) is 1. The minimum absolute atomic E-state index is 0.0345. The summed E-state index contributed by atoms with van der Waals surface area (Å²) in [6, 6.07) is 20.1. The quantitative estimate of drug-likeness (QED) is 0.282. The van der Waals surface area contributed by atoms with Crippen LogP contribution in [-0.2, 0) is 26.2 Å². The summed E-state index contributed by atoms with van der Waals surface area (Å²) in [6.45, 7) is 10.2. The van der Waals surface area contributed by atoms with Crippen LogP contribution in [0.25, 0.3) is 0 Å². The summed E-state index contributed by atoms with van der Waals surface area (Å²) in [5, 5.41) is 2.90. The van der Waals surface area contributed by atoms with E-state index in [2.05, 4.69) is 5.32 Å². The van der Waals surface area contributed by atoms with Gasteiger partial charge < -0.3 is 15.0 Å². The highest BCUT2D eigenvalue weighted by Crippen LogP contribution is 2.26. The van der Waals surface area contributed by atoms with Crippen LogP contribution in [0.15, 0.2) is 77.7 Å². The van der Waals surface area contributed by atoms with E-state index < -0.39 is 28.5 Å². The van der Waals surface area contributed by atoms with E-state index in [-0.39, 0.29) is 17.3 Å². The lowest BCUT2D eigenvalue weighted by Crippen LogP contribution is -2.52. The second kappa shape index (κ2) is 14.7. The largest absolute Gasteiger partial charge is 0.494 e. The molecule has 3 rings (SSSR count). The van der Waals surface area contributed by atoms with Crippen molar-refractivity contribution in [3.63, 3.8) is 0 Å². The van der Waals surface area contributed by atoms with Gasteiger partial charge in [0, 0.05) is 13.1 Å². The third-order valence-electron chi connectivity index (χ3n) is 6.69. The first kappa shape index (κ1) is 31.7. The van der Waals surface area contributed by atoms with Gasteiger partial charge in [-0.3, -0.25) is 13.9 Å². The number of sulfonamides is 1. The predicted molar refractivity (Wildman–Crippen MR) is 162 cm³/mol. The SMILES string of the molecule is CCCNC(=O)C(CC)N(Cc1cccc(C)c1)C(=O)CN(c1ccc(C)cc1)S(=O)(=O)c1ccc(OCC)cc1. The molecule has 0 aliphatic rings. The number of rotatable bonds is 14. The molecule has 1 atom stereocenters. The Labute approximate surface area is 244 Å². The standard InChI is InChI=1S/C32H41N3O5S/c1-6-20-33-32(37)30(7-2)34(22-26-11-9-10-25(5)21-26)31(36)23-35(27-14-12-24(4)13-15-27)41(38,39)29-18-16-28(17-19-29)40-8-3/h9-19,21,30H,6-8,20,22-23H2,1-5H3,(H,33,37). The summed E-state index contributed by atoms with van der Waals surface area (Å²) in [7, 11) is -4.14. The lowest BCUT2D eigenvalue weighted by molar-refractivity contribution is -0.140. The summed E-state index contributed by atoms with van der Waals surface area (Å²) in [5.41, 5.74) is 3.20. The number of hydrogen-bond donors (Lipinski definition) is 1. The zero-order valence-corrected chi connectivity index (χ0v) is 25.4. The van der Waals surface area contributed by atoms with Gasteiger partial charge in [-0.05, 0) is 75.6 Å². The van der Waals surface area contributed by atoms with Gasteiger partial charge in [0.1, 0.15) is 18.3 Å². The number of carbonyl (C=O) groups excluding carboxylic acids is 2. The molecule has 0 bridgehead atoms. The monoisotopic (exact) mass is 579 g/mol. The molecule has 3 aromatic carbocycles. The van der Waals surface area contributed by atoms with Gasteiger partial charge in [-0.15, -0.1) is 0 Å². The number of aryl methyl sites for hydroxylation is 2. The van der Waals surface area contributed by atoms with Gasteiger partial charge in [0.2, 0.25) is 11.8 Å². The molecule has 0 aliphatic carbocycles. The predicted octanol–water partition coefficient (Wildman–Crippen LogP) is 5.23. The van der Waals surface area contributed by atoms with Crippen LogP contribution in [-0.4, -0.2) is 50.9 Å².